The molecule has 1 heteroatoms. The summed E-state index contributed by atoms with van der Waals surface area (Å²) in [6.45, 7) is 6.34. The fourth-order valence-electron chi connectivity index (χ4n) is 3.43. The molecule has 2 aromatic rings. The van der Waals surface area contributed by atoms with Crippen LogP contribution in [0.5, 0.6) is 0 Å². The highest BCUT2D eigenvalue weighted by molar-refractivity contribution is 6.04. The lowest BCUT2D eigenvalue weighted by molar-refractivity contribution is 0.0981. The molecule has 0 spiro atoms. The smallest absolute Gasteiger partial charge is 0.164 e. The highest BCUT2D eigenvalue weighted by Gasteiger charge is 2.42. The normalized spacial score (nSPS) is 21.5. The van der Waals surface area contributed by atoms with Crippen molar-refractivity contribution in [3.63, 3.8) is 0 Å². The van der Waals surface area contributed by atoms with Gasteiger partial charge in [-0.05, 0) is 36.1 Å². The monoisotopic (exact) mass is 250 g/mol. The lowest BCUT2D eigenvalue weighted by Crippen LogP contribution is -2.21. The Morgan fingerprint density at radius 2 is 1.58 bits per heavy atom. The van der Waals surface area contributed by atoms with Gasteiger partial charge in [0, 0.05) is 17.4 Å². The van der Waals surface area contributed by atoms with Crippen LogP contribution in [-0.2, 0) is 5.41 Å². The number of aryl methyl sites for hydroxylation is 2. The molecule has 2 aromatic carbocycles. The van der Waals surface area contributed by atoms with E-state index in [9.17, 15) is 4.79 Å². The molecule has 0 heterocycles. The minimum Gasteiger partial charge on any atom is -0.294 e. The fourth-order valence-corrected chi connectivity index (χ4v) is 3.43. The van der Waals surface area contributed by atoms with Crippen molar-refractivity contribution < 1.29 is 4.79 Å². The van der Waals surface area contributed by atoms with Crippen molar-refractivity contribution in [2.45, 2.75) is 32.6 Å². The fraction of sp³-hybridized carbons (Fsp3) is 0.278. The first-order chi connectivity index (χ1) is 9.04. The van der Waals surface area contributed by atoms with E-state index in [-0.39, 0.29) is 11.2 Å². The van der Waals surface area contributed by atoms with Crippen molar-refractivity contribution in [3.05, 3.63) is 70.3 Å². The number of fused-ring (bicyclic) bond motifs is 1. The summed E-state index contributed by atoms with van der Waals surface area (Å²) in [5.74, 6) is 0.280. The van der Waals surface area contributed by atoms with Gasteiger partial charge in [0.2, 0.25) is 0 Å². The zero-order valence-corrected chi connectivity index (χ0v) is 11.7. The molecule has 1 aliphatic rings. The Balaban J connectivity index is 2.31. The molecule has 1 aliphatic carbocycles. The molecule has 19 heavy (non-hydrogen) atoms. The average molecular weight is 250 g/mol. The van der Waals surface area contributed by atoms with Crippen LogP contribution >= 0.6 is 0 Å². The highest BCUT2D eigenvalue weighted by Crippen LogP contribution is 2.46. The summed E-state index contributed by atoms with van der Waals surface area (Å²) in [7, 11) is 0. The Labute approximate surface area is 114 Å². The standard InChI is InChI=1S/C18H18O/c1-12-9-10-13(2)17-16(12)15(19)11-18(17,3)14-7-5-4-6-8-14/h4-10H,11H2,1-3H3. The number of benzene rings is 2. The highest BCUT2D eigenvalue weighted by atomic mass is 16.1. The third-order valence-corrected chi connectivity index (χ3v) is 4.38. The van der Waals surface area contributed by atoms with Crippen LogP contribution in [0.1, 0.15) is 46.0 Å². The van der Waals surface area contributed by atoms with Crippen LogP contribution in [0.2, 0.25) is 0 Å². The van der Waals surface area contributed by atoms with E-state index in [0.29, 0.717) is 6.42 Å². The van der Waals surface area contributed by atoms with E-state index in [1.54, 1.807) is 0 Å². The summed E-state index contributed by atoms with van der Waals surface area (Å²) in [5, 5.41) is 0. The second-order valence-electron chi connectivity index (χ2n) is 5.75. The molecular weight excluding hydrogens is 232 g/mol. The van der Waals surface area contributed by atoms with Gasteiger partial charge in [0.25, 0.3) is 0 Å². The van der Waals surface area contributed by atoms with Crippen LogP contribution in [0.3, 0.4) is 0 Å². The van der Waals surface area contributed by atoms with E-state index in [1.807, 2.05) is 25.1 Å². The Morgan fingerprint density at radius 3 is 2.26 bits per heavy atom. The van der Waals surface area contributed by atoms with Crippen LogP contribution in [0, 0.1) is 13.8 Å². The van der Waals surface area contributed by atoms with Gasteiger partial charge in [-0.3, -0.25) is 4.79 Å². The Bertz CT molecular complexity index is 655. The SMILES string of the molecule is Cc1ccc(C)c2c1C(=O)CC2(C)c1ccccc1. The topological polar surface area (TPSA) is 17.1 Å². The maximum absolute atomic E-state index is 12.4. The second-order valence-corrected chi connectivity index (χ2v) is 5.75. The van der Waals surface area contributed by atoms with Gasteiger partial charge in [-0.15, -0.1) is 0 Å². The number of ketones is 1. The van der Waals surface area contributed by atoms with Crippen molar-refractivity contribution in [1.29, 1.82) is 0 Å². The van der Waals surface area contributed by atoms with Gasteiger partial charge in [0.05, 0.1) is 0 Å². The second kappa shape index (κ2) is 4.06. The molecule has 1 unspecified atom stereocenters. The third kappa shape index (κ3) is 1.65. The number of hydrogen-bond acceptors (Lipinski definition) is 1. The van der Waals surface area contributed by atoms with Crippen LogP contribution in [0.4, 0.5) is 0 Å². The predicted octanol–water partition coefficient (Wildman–Crippen LogP) is 4.20. The minimum absolute atomic E-state index is 0.177. The van der Waals surface area contributed by atoms with Crippen molar-refractivity contribution in [1.82, 2.24) is 0 Å². The van der Waals surface area contributed by atoms with Gasteiger partial charge in [-0.25, -0.2) is 0 Å². The van der Waals surface area contributed by atoms with Crippen molar-refractivity contribution >= 4 is 5.78 Å². The van der Waals surface area contributed by atoms with Crippen molar-refractivity contribution in [2.75, 3.05) is 0 Å². The van der Waals surface area contributed by atoms with Gasteiger partial charge in [0.1, 0.15) is 0 Å². The Kier molecular flexibility index (Phi) is 2.60. The molecule has 0 N–H and O–H groups in total. The average Bonchev–Trinajstić information content (AvgIpc) is 2.69. The largest absolute Gasteiger partial charge is 0.294 e. The van der Waals surface area contributed by atoms with E-state index in [0.717, 1.165) is 11.1 Å². The maximum atomic E-state index is 12.4. The molecule has 0 bridgehead atoms. The van der Waals surface area contributed by atoms with Crippen LogP contribution < -0.4 is 0 Å². The first-order valence-electron chi connectivity index (χ1n) is 6.73. The molecule has 0 fully saturated rings. The van der Waals surface area contributed by atoms with Gasteiger partial charge in [-0.2, -0.15) is 0 Å². The molecule has 96 valence electrons. The van der Waals surface area contributed by atoms with Crippen LogP contribution in [0.25, 0.3) is 0 Å². The summed E-state index contributed by atoms with van der Waals surface area (Å²) in [5.41, 5.74) is 5.55. The molecule has 0 aromatic heterocycles. The van der Waals surface area contributed by atoms with Crippen molar-refractivity contribution in [3.8, 4) is 0 Å². The van der Waals surface area contributed by atoms with Gasteiger partial charge < -0.3 is 0 Å². The Morgan fingerprint density at radius 1 is 0.947 bits per heavy atom. The van der Waals surface area contributed by atoms with E-state index >= 15 is 0 Å². The molecule has 3 rings (SSSR count). The lowest BCUT2D eigenvalue weighted by atomic mass is 9.75. The van der Waals surface area contributed by atoms with Crippen molar-refractivity contribution in [2.24, 2.45) is 0 Å². The van der Waals surface area contributed by atoms with E-state index in [4.69, 9.17) is 0 Å². The molecule has 0 saturated carbocycles. The van der Waals surface area contributed by atoms with E-state index in [2.05, 4.69) is 38.1 Å². The quantitative estimate of drug-likeness (QED) is 0.741. The summed E-state index contributed by atoms with van der Waals surface area (Å²) < 4.78 is 0. The molecule has 0 amide bonds. The zero-order chi connectivity index (χ0) is 13.6. The first kappa shape index (κ1) is 12.2. The van der Waals surface area contributed by atoms with Crippen LogP contribution in [-0.4, -0.2) is 5.78 Å². The lowest BCUT2D eigenvalue weighted by Gasteiger charge is -2.27. The summed E-state index contributed by atoms with van der Waals surface area (Å²) >= 11 is 0. The minimum atomic E-state index is -0.177. The number of carbonyl (C=O) groups is 1. The van der Waals surface area contributed by atoms with Gasteiger partial charge in [-0.1, -0.05) is 49.4 Å². The van der Waals surface area contributed by atoms with E-state index in [1.165, 1.54) is 16.7 Å². The molecule has 0 saturated heterocycles. The Hall–Kier alpha value is -1.89. The first-order valence-corrected chi connectivity index (χ1v) is 6.73. The molecule has 1 atom stereocenters. The zero-order valence-electron chi connectivity index (χ0n) is 11.7. The third-order valence-electron chi connectivity index (χ3n) is 4.38. The summed E-state index contributed by atoms with van der Waals surface area (Å²) in [6, 6.07) is 14.6. The predicted molar refractivity (Wildman–Crippen MR) is 77.8 cm³/mol. The molecule has 1 nitrogen and oxygen atoms in total. The molecule has 0 aliphatic heterocycles. The summed E-state index contributed by atoms with van der Waals surface area (Å²) in [6.07, 6.45) is 0.581. The number of Topliss-reactive ketones (excluding diaryl/α,β-unsaturated/α-hetero) is 1. The number of rotatable bonds is 1. The summed E-state index contributed by atoms with van der Waals surface area (Å²) in [4.78, 5) is 12.4. The van der Waals surface area contributed by atoms with E-state index < -0.39 is 0 Å². The molecular formula is C18H18O. The van der Waals surface area contributed by atoms with Crippen LogP contribution in [0.15, 0.2) is 42.5 Å². The van der Waals surface area contributed by atoms with Gasteiger partial charge in [0.15, 0.2) is 5.78 Å². The number of carbonyl (C=O) groups excluding carboxylic acids is 1. The molecule has 0 radical (unpaired) electrons. The number of hydrogen-bond donors (Lipinski definition) is 0. The van der Waals surface area contributed by atoms with Gasteiger partial charge >= 0.3 is 0 Å². The maximum Gasteiger partial charge on any atom is 0.164 e.